The summed E-state index contributed by atoms with van der Waals surface area (Å²) < 4.78 is 4.96. The second-order valence-corrected chi connectivity index (χ2v) is 8.31. The van der Waals surface area contributed by atoms with E-state index in [4.69, 9.17) is 4.74 Å². The molecule has 1 heterocycles. The molecule has 3 nitrogen and oxygen atoms in total. The van der Waals surface area contributed by atoms with Crippen molar-refractivity contribution >= 4 is 22.6 Å². The number of hydrogen-bond donors (Lipinski definition) is 0. The van der Waals surface area contributed by atoms with Crippen LogP contribution in [0.25, 0.3) is 4.91 Å². The molecule has 0 fully saturated rings. The first-order chi connectivity index (χ1) is 10.7. The first kappa shape index (κ1) is 18.1. The first-order valence-electron chi connectivity index (χ1n) is 7.94. The number of thioether (sulfide) groups is 1. The largest absolute Gasteiger partial charge is 0.469 e. The minimum atomic E-state index is -0.130. The van der Waals surface area contributed by atoms with Crippen LogP contribution in [0, 0.1) is 5.92 Å². The van der Waals surface area contributed by atoms with Crippen molar-refractivity contribution in [2.24, 2.45) is 5.92 Å². The molecule has 2 atom stereocenters. The summed E-state index contributed by atoms with van der Waals surface area (Å²) in [6, 6.07) is 8.84. The minimum absolute atomic E-state index is 0.0704. The summed E-state index contributed by atoms with van der Waals surface area (Å²) in [5, 5.41) is 0. The highest BCUT2D eigenvalue weighted by Crippen LogP contribution is 2.37. The van der Waals surface area contributed by atoms with Crippen LogP contribution in [0.2, 0.25) is 0 Å². The summed E-state index contributed by atoms with van der Waals surface area (Å²) in [7, 11) is 5.48. The average molecular weight is 333 g/mol. The van der Waals surface area contributed by atoms with Gasteiger partial charge in [0.2, 0.25) is 0 Å². The van der Waals surface area contributed by atoms with Gasteiger partial charge in [0.15, 0.2) is 0 Å². The van der Waals surface area contributed by atoms with Crippen molar-refractivity contribution in [3.63, 3.8) is 0 Å². The Hall–Kier alpha value is -1.26. The highest BCUT2D eigenvalue weighted by Gasteiger charge is 2.33. The van der Waals surface area contributed by atoms with Crippen LogP contribution in [0.5, 0.6) is 0 Å². The van der Waals surface area contributed by atoms with E-state index >= 15 is 0 Å². The third-order valence-electron chi connectivity index (χ3n) is 4.29. The highest BCUT2D eigenvalue weighted by molar-refractivity contribution is 8.08. The fourth-order valence-electron chi connectivity index (χ4n) is 2.78. The summed E-state index contributed by atoms with van der Waals surface area (Å²) in [6.45, 7) is 6.67. The van der Waals surface area contributed by atoms with Gasteiger partial charge in [-0.2, -0.15) is 0 Å². The Morgan fingerprint density at radius 1 is 1.22 bits per heavy atom. The SMILES string of the molecule is COC(=O)C1CSC(c2ccc(C(C)(C)C)cc2)=CC1N(C)C. The molecule has 2 unspecified atom stereocenters. The van der Waals surface area contributed by atoms with Crippen molar-refractivity contribution in [2.45, 2.75) is 32.2 Å². The van der Waals surface area contributed by atoms with Crippen LogP contribution in [-0.4, -0.2) is 43.9 Å². The number of ether oxygens (including phenoxy) is 1. The van der Waals surface area contributed by atoms with Gasteiger partial charge >= 0.3 is 5.97 Å². The third kappa shape index (κ3) is 4.18. The number of methoxy groups -OCH3 is 1. The van der Waals surface area contributed by atoms with Gasteiger partial charge in [0.05, 0.1) is 13.0 Å². The van der Waals surface area contributed by atoms with Crippen LogP contribution in [0.4, 0.5) is 0 Å². The molecule has 2 rings (SSSR count). The maximum absolute atomic E-state index is 12.0. The molecule has 0 saturated carbocycles. The molecule has 0 aliphatic carbocycles. The van der Waals surface area contributed by atoms with Gasteiger partial charge in [-0.25, -0.2) is 0 Å². The summed E-state index contributed by atoms with van der Waals surface area (Å²) in [5.41, 5.74) is 2.71. The van der Waals surface area contributed by atoms with Crippen LogP contribution in [0.1, 0.15) is 31.9 Å². The van der Waals surface area contributed by atoms with E-state index in [1.54, 1.807) is 11.8 Å². The summed E-state index contributed by atoms with van der Waals surface area (Å²) in [5.74, 6) is 0.509. The van der Waals surface area contributed by atoms with E-state index in [0.29, 0.717) is 0 Å². The lowest BCUT2D eigenvalue weighted by atomic mass is 9.86. The van der Waals surface area contributed by atoms with Gasteiger partial charge in [-0.05, 0) is 30.6 Å². The van der Waals surface area contributed by atoms with Crippen molar-refractivity contribution in [3.8, 4) is 0 Å². The average Bonchev–Trinajstić information content (AvgIpc) is 2.52. The van der Waals surface area contributed by atoms with Gasteiger partial charge in [-0.1, -0.05) is 51.1 Å². The molecular formula is C19H27NO2S. The number of carbonyl (C=O) groups excluding carboxylic acids is 1. The molecule has 0 bridgehead atoms. The van der Waals surface area contributed by atoms with E-state index < -0.39 is 0 Å². The van der Waals surface area contributed by atoms with E-state index in [-0.39, 0.29) is 23.3 Å². The summed E-state index contributed by atoms with van der Waals surface area (Å²) in [4.78, 5) is 15.3. The van der Waals surface area contributed by atoms with Crippen LogP contribution in [0.15, 0.2) is 30.3 Å². The summed E-state index contributed by atoms with van der Waals surface area (Å²) in [6.07, 6.45) is 2.20. The van der Waals surface area contributed by atoms with Gasteiger partial charge in [0, 0.05) is 16.7 Å². The monoisotopic (exact) mass is 333 g/mol. The van der Waals surface area contributed by atoms with Crippen LogP contribution in [-0.2, 0) is 14.9 Å². The van der Waals surface area contributed by atoms with Crippen LogP contribution >= 0.6 is 11.8 Å². The zero-order valence-corrected chi connectivity index (χ0v) is 15.7. The number of esters is 1. The molecule has 126 valence electrons. The van der Waals surface area contributed by atoms with Gasteiger partial charge in [0.25, 0.3) is 0 Å². The van der Waals surface area contributed by atoms with Crippen molar-refractivity contribution in [2.75, 3.05) is 27.0 Å². The standard InChI is InChI=1S/C19H27NO2S/c1-19(2,3)14-9-7-13(8-10-14)17-11-16(20(4)5)15(12-23-17)18(21)22-6/h7-11,15-16H,12H2,1-6H3. The van der Waals surface area contributed by atoms with Gasteiger partial charge in [0.1, 0.15) is 0 Å². The second-order valence-electron chi connectivity index (χ2n) is 7.25. The number of benzene rings is 1. The molecule has 0 radical (unpaired) electrons. The van der Waals surface area contributed by atoms with Crippen molar-refractivity contribution in [1.82, 2.24) is 4.90 Å². The Kier molecular flexibility index (Phi) is 5.58. The minimum Gasteiger partial charge on any atom is -0.469 e. The zero-order chi connectivity index (χ0) is 17.2. The molecule has 1 aromatic rings. The van der Waals surface area contributed by atoms with Gasteiger partial charge in [-0.3, -0.25) is 4.79 Å². The second kappa shape index (κ2) is 7.10. The predicted molar refractivity (Wildman–Crippen MR) is 98.6 cm³/mol. The van der Waals surface area contributed by atoms with Gasteiger partial charge < -0.3 is 9.64 Å². The Labute approximate surface area is 144 Å². The van der Waals surface area contributed by atoms with Crippen LogP contribution < -0.4 is 0 Å². The Bertz CT molecular complexity index is 584. The van der Waals surface area contributed by atoms with E-state index in [9.17, 15) is 4.79 Å². The molecule has 0 aromatic heterocycles. The van der Waals surface area contributed by atoms with Crippen molar-refractivity contribution < 1.29 is 9.53 Å². The van der Waals surface area contributed by atoms with E-state index in [2.05, 4.69) is 56.0 Å². The number of rotatable bonds is 3. The van der Waals surface area contributed by atoms with E-state index in [1.165, 1.54) is 23.1 Å². The molecule has 0 amide bonds. The normalized spacial score (nSPS) is 22.0. The maximum atomic E-state index is 12.0. The number of nitrogens with zero attached hydrogens (tertiary/aromatic N) is 1. The predicted octanol–water partition coefficient (Wildman–Crippen LogP) is 3.79. The lowest BCUT2D eigenvalue weighted by Crippen LogP contribution is -2.41. The van der Waals surface area contributed by atoms with Crippen LogP contribution in [0.3, 0.4) is 0 Å². The number of likely N-dealkylation sites (N-methyl/N-ethyl adjacent to an activating group) is 1. The van der Waals surface area contributed by atoms with Crippen molar-refractivity contribution in [1.29, 1.82) is 0 Å². The molecule has 4 heteroatoms. The highest BCUT2D eigenvalue weighted by atomic mass is 32.2. The quantitative estimate of drug-likeness (QED) is 0.787. The maximum Gasteiger partial charge on any atom is 0.311 e. The number of hydrogen-bond acceptors (Lipinski definition) is 4. The molecule has 0 spiro atoms. The Balaban J connectivity index is 2.28. The lowest BCUT2D eigenvalue weighted by Gasteiger charge is -2.32. The Morgan fingerprint density at radius 3 is 2.30 bits per heavy atom. The fourth-order valence-corrected chi connectivity index (χ4v) is 4.01. The summed E-state index contributed by atoms with van der Waals surface area (Å²) >= 11 is 1.74. The first-order valence-corrected chi connectivity index (χ1v) is 8.92. The van der Waals surface area contributed by atoms with E-state index in [0.717, 1.165) is 5.75 Å². The molecule has 1 aliphatic heterocycles. The Morgan fingerprint density at radius 2 is 1.83 bits per heavy atom. The molecule has 23 heavy (non-hydrogen) atoms. The zero-order valence-electron chi connectivity index (χ0n) is 14.9. The van der Waals surface area contributed by atoms with E-state index in [1.807, 2.05) is 14.1 Å². The third-order valence-corrected chi connectivity index (χ3v) is 5.50. The smallest absolute Gasteiger partial charge is 0.311 e. The lowest BCUT2D eigenvalue weighted by molar-refractivity contribution is -0.146. The molecule has 0 N–H and O–H groups in total. The topological polar surface area (TPSA) is 29.5 Å². The molecular weight excluding hydrogens is 306 g/mol. The molecule has 1 aliphatic rings. The molecule has 0 saturated heterocycles. The fraction of sp³-hybridized carbons (Fsp3) is 0.526. The van der Waals surface area contributed by atoms with Crippen molar-refractivity contribution in [3.05, 3.63) is 41.5 Å². The van der Waals surface area contributed by atoms with Gasteiger partial charge in [-0.15, -0.1) is 11.8 Å². The number of carbonyl (C=O) groups is 1. The molecule has 1 aromatic carbocycles.